The van der Waals surface area contributed by atoms with Crippen LogP contribution in [0.4, 0.5) is 0 Å². The van der Waals surface area contributed by atoms with Crippen molar-refractivity contribution in [3.63, 3.8) is 0 Å². The minimum Gasteiger partial charge on any atom is -0.356 e. The van der Waals surface area contributed by atoms with Crippen molar-refractivity contribution in [2.45, 2.75) is 38.5 Å². The summed E-state index contributed by atoms with van der Waals surface area (Å²) in [5.41, 5.74) is 5.60. The number of hydrogen-bond acceptors (Lipinski definition) is 4. The van der Waals surface area contributed by atoms with Gasteiger partial charge in [-0.1, -0.05) is 0 Å². The van der Waals surface area contributed by atoms with Gasteiger partial charge in [0.1, 0.15) is 0 Å². The van der Waals surface area contributed by atoms with Crippen LogP contribution in [0, 0.1) is 11.8 Å². The number of methoxy groups -OCH3 is 2. The second kappa shape index (κ2) is 8.54. The Morgan fingerprint density at radius 2 is 2.00 bits per heavy atom. The molecule has 0 aliphatic carbocycles. The molecule has 94 valence electrons. The second-order valence-corrected chi connectivity index (χ2v) is 3.97. The van der Waals surface area contributed by atoms with Gasteiger partial charge in [-0.3, -0.25) is 0 Å². The lowest BCUT2D eigenvalue weighted by Crippen LogP contribution is -2.51. The molecule has 0 radical (unpaired) electrons. The number of hydrogen-bond donors (Lipinski definition) is 2. The first kappa shape index (κ1) is 15.4. The van der Waals surface area contributed by atoms with Gasteiger partial charge in [-0.25, -0.2) is 0 Å². The van der Waals surface area contributed by atoms with Gasteiger partial charge in [0.25, 0.3) is 0 Å². The summed E-state index contributed by atoms with van der Waals surface area (Å²) in [5.74, 6) is 5.87. The maximum Gasteiger partial charge on any atom is 0.158 e. The van der Waals surface area contributed by atoms with Gasteiger partial charge in [-0.05, 0) is 13.8 Å². The zero-order valence-corrected chi connectivity index (χ0v) is 10.8. The van der Waals surface area contributed by atoms with Crippen LogP contribution in [0.5, 0.6) is 0 Å². The lowest BCUT2D eigenvalue weighted by atomic mass is 9.97. The quantitative estimate of drug-likeness (QED) is 0.365. The molecule has 0 aromatic carbocycles. The van der Waals surface area contributed by atoms with Crippen LogP contribution in [0.3, 0.4) is 0 Å². The van der Waals surface area contributed by atoms with Crippen molar-refractivity contribution in [2.24, 2.45) is 5.73 Å². The summed E-state index contributed by atoms with van der Waals surface area (Å²) in [6, 6.07) is 0. The summed E-state index contributed by atoms with van der Waals surface area (Å²) in [4.78, 5) is 0. The van der Waals surface area contributed by atoms with Crippen LogP contribution in [-0.4, -0.2) is 39.1 Å². The average molecular weight is 228 g/mol. The molecule has 0 aliphatic rings. The lowest BCUT2D eigenvalue weighted by molar-refractivity contribution is -0.117. The van der Waals surface area contributed by atoms with E-state index in [1.165, 1.54) is 0 Å². The summed E-state index contributed by atoms with van der Waals surface area (Å²) in [7, 11) is 3.27. The molecule has 1 unspecified atom stereocenters. The van der Waals surface area contributed by atoms with E-state index in [2.05, 4.69) is 24.1 Å². The van der Waals surface area contributed by atoms with Gasteiger partial charge in [-0.2, -0.15) is 0 Å². The smallest absolute Gasteiger partial charge is 0.158 e. The third kappa shape index (κ3) is 6.09. The van der Waals surface area contributed by atoms with Crippen LogP contribution in [0.2, 0.25) is 0 Å². The number of rotatable bonds is 8. The van der Waals surface area contributed by atoms with E-state index in [1.54, 1.807) is 14.2 Å². The fourth-order valence-electron chi connectivity index (χ4n) is 1.41. The van der Waals surface area contributed by atoms with Crippen molar-refractivity contribution in [3.8, 4) is 11.8 Å². The predicted molar refractivity (Wildman–Crippen MR) is 66.0 cm³/mol. The van der Waals surface area contributed by atoms with Gasteiger partial charge in [0.05, 0.1) is 0 Å². The molecule has 0 amide bonds. The molecule has 0 saturated heterocycles. The molecule has 0 spiro atoms. The van der Waals surface area contributed by atoms with E-state index < -0.39 is 0 Å². The molecule has 0 aliphatic heterocycles. The van der Waals surface area contributed by atoms with Gasteiger partial charge < -0.3 is 20.5 Å². The van der Waals surface area contributed by atoms with Gasteiger partial charge in [0, 0.05) is 45.7 Å². The van der Waals surface area contributed by atoms with E-state index in [1.807, 2.05) is 6.92 Å². The SMILES string of the molecule is CC#CCCNC(C)(CN)CC(OC)OC. The standard InChI is InChI=1S/C12H24N2O2/c1-5-6-7-8-14-12(2,10-13)9-11(15-3)16-4/h11,14H,7-10,13H2,1-4H3. The minimum absolute atomic E-state index is 0.174. The summed E-state index contributed by atoms with van der Waals surface area (Å²) >= 11 is 0. The van der Waals surface area contributed by atoms with E-state index in [4.69, 9.17) is 15.2 Å². The van der Waals surface area contributed by atoms with Gasteiger partial charge in [-0.15, -0.1) is 11.8 Å². The Hall–Kier alpha value is -0.600. The molecule has 0 bridgehead atoms. The highest BCUT2D eigenvalue weighted by Gasteiger charge is 2.26. The van der Waals surface area contributed by atoms with E-state index in [0.29, 0.717) is 6.54 Å². The maximum atomic E-state index is 5.77. The first-order chi connectivity index (χ1) is 7.61. The zero-order chi connectivity index (χ0) is 12.4. The van der Waals surface area contributed by atoms with Crippen molar-refractivity contribution in [2.75, 3.05) is 27.3 Å². The van der Waals surface area contributed by atoms with E-state index >= 15 is 0 Å². The van der Waals surface area contributed by atoms with E-state index in [0.717, 1.165) is 19.4 Å². The fourth-order valence-corrected chi connectivity index (χ4v) is 1.41. The largest absolute Gasteiger partial charge is 0.356 e. The normalized spacial score (nSPS) is 14.4. The molecule has 0 saturated carbocycles. The van der Waals surface area contributed by atoms with Crippen molar-refractivity contribution < 1.29 is 9.47 Å². The molecule has 0 fully saturated rings. The molecule has 0 aromatic rings. The van der Waals surface area contributed by atoms with Crippen LogP contribution in [0.15, 0.2) is 0 Å². The molecule has 0 aromatic heterocycles. The van der Waals surface area contributed by atoms with Gasteiger partial charge in [0.2, 0.25) is 0 Å². The first-order valence-electron chi connectivity index (χ1n) is 5.52. The molecule has 0 rings (SSSR count). The monoisotopic (exact) mass is 228 g/mol. The van der Waals surface area contributed by atoms with Crippen molar-refractivity contribution in [3.05, 3.63) is 0 Å². The lowest BCUT2D eigenvalue weighted by Gasteiger charge is -2.32. The van der Waals surface area contributed by atoms with Crippen LogP contribution in [0.1, 0.15) is 26.7 Å². The molecule has 4 nitrogen and oxygen atoms in total. The van der Waals surface area contributed by atoms with E-state index in [9.17, 15) is 0 Å². The second-order valence-electron chi connectivity index (χ2n) is 3.97. The van der Waals surface area contributed by atoms with Crippen LogP contribution in [0.25, 0.3) is 0 Å². The summed E-state index contributed by atoms with van der Waals surface area (Å²) in [6.45, 7) is 5.27. The zero-order valence-electron chi connectivity index (χ0n) is 10.8. The highest BCUT2D eigenvalue weighted by molar-refractivity contribution is 4.96. The summed E-state index contributed by atoms with van der Waals surface area (Å²) in [5, 5.41) is 3.39. The van der Waals surface area contributed by atoms with Crippen LogP contribution >= 0.6 is 0 Å². The van der Waals surface area contributed by atoms with Crippen molar-refractivity contribution in [1.82, 2.24) is 5.32 Å². The Labute approximate surface area is 98.9 Å². The molecule has 4 heteroatoms. The van der Waals surface area contributed by atoms with Crippen molar-refractivity contribution >= 4 is 0 Å². The molecule has 3 N–H and O–H groups in total. The highest BCUT2D eigenvalue weighted by atomic mass is 16.7. The number of nitrogens with two attached hydrogens (primary N) is 1. The molecule has 0 heterocycles. The summed E-state index contributed by atoms with van der Waals surface area (Å²) in [6.07, 6.45) is 1.32. The molecular formula is C12H24N2O2. The number of nitrogens with one attached hydrogen (secondary N) is 1. The Bertz CT molecular complexity index is 231. The third-order valence-electron chi connectivity index (χ3n) is 2.57. The summed E-state index contributed by atoms with van der Waals surface area (Å²) < 4.78 is 10.4. The fraction of sp³-hybridized carbons (Fsp3) is 0.833. The Kier molecular flexibility index (Phi) is 8.22. The number of ether oxygens (including phenoxy) is 2. The van der Waals surface area contributed by atoms with Crippen molar-refractivity contribution in [1.29, 1.82) is 0 Å². The topological polar surface area (TPSA) is 56.5 Å². The molecule has 16 heavy (non-hydrogen) atoms. The Morgan fingerprint density at radius 1 is 1.38 bits per heavy atom. The minimum atomic E-state index is -0.224. The first-order valence-corrected chi connectivity index (χ1v) is 5.52. The Balaban J connectivity index is 4.11. The third-order valence-corrected chi connectivity index (χ3v) is 2.57. The molecule has 1 atom stereocenters. The van der Waals surface area contributed by atoms with Crippen LogP contribution < -0.4 is 11.1 Å². The van der Waals surface area contributed by atoms with Gasteiger partial charge >= 0.3 is 0 Å². The molecular weight excluding hydrogens is 204 g/mol. The predicted octanol–water partition coefficient (Wildman–Crippen LogP) is 0.716. The average Bonchev–Trinajstić information content (AvgIpc) is 2.32. The van der Waals surface area contributed by atoms with Crippen LogP contribution in [-0.2, 0) is 9.47 Å². The highest BCUT2D eigenvalue weighted by Crippen LogP contribution is 2.13. The van der Waals surface area contributed by atoms with E-state index in [-0.39, 0.29) is 11.8 Å². The van der Waals surface area contributed by atoms with Gasteiger partial charge in [0.15, 0.2) is 6.29 Å². The Morgan fingerprint density at radius 3 is 2.44 bits per heavy atom. The maximum absolute atomic E-state index is 5.77.